The Bertz CT molecular complexity index is 394. The largest absolute Gasteiger partial charge is 0.387 e. The Morgan fingerprint density at radius 3 is 2.35 bits per heavy atom. The smallest absolute Gasteiger partial charge is 0.0916 e. The van der Waals surface area contributed by atoms with Crippen LogP contribution in [0.4, 0.5) is 0 Å². The number of rotatable bonds is 5. The Labute approximate surface area is 122 Å². The lowest BCUT2D eigenvalue weighted by atomic mass is 10.0. The van der Waals surface area contributed by atoms with E-state index >= 15 is 0 Å². The summed E-state index contributed by atoms with van der Waals surface area (Å²) in [5.74, 6) is 0. The minimum atomic E-state index is -0.414. The lowest BCUT2D eigenvalue weighted by Crippen LogP contribution is -2.46. The highest BCUT2D eigenvalue weighted by atomic mass is 16.5. The molecule has 0 spiro atoms. The van der Waals surface area contributed by atoms with Gasteiger partial charge in [-0.2, -0.15) is 0 Å². The molecule has 1 fully saturated rings. The molecule has 112 valence electrons. The third-order valence-corrected chi connectivity index (χ3v) is 3.83. The molecule has 20 heavy (non-hydrogen) atoms. The van der Waals surface area contributed by atoms with Crippen LogP contribution >= 0.6 is 0 Å². The molecule has 3 unspecified atom stereocenters. The molecule has 1 aliphatic heterocycles. The van der Waals surface area contributed by atoms with Crippen LogP contribution in [0.3, 0.4) is 0 Å². The van der Waals surface area contributed by atoms with Crippen LogP contribution in [-0.2, 0) is 11.2 Å². The first-order valence-electron chi connectivity index (χ1n) is 7.73. The normalized spacial score (nSPS) is 25.6. The van der Waals surface area contributed by atoms with Crippen LogP contribution in [0.5, 0.6) is 0 Å². The highest BCUT2D eigenvalue weighted by Gasteiger charge is 2.24. The van der Waals surface area contributed by atoms with Crippen molar-refractivity contribution in [2.75, 3.05) is 19.6 Å². The molecule has 0 amide bonds. The minimum Gasteiger partial charge on any atom is -0.387 e. The standard InChI is InChI=1S/C17H27NO2/c1-4-5-15-6-8-16(9-7-15)17(19)12-18-10-13(2)20-14(3)11-18/h6-9,13-14,17,19H,4-5,10-12H2,1-3H3. The summed E-state index contributed by atoms with van der Waals surface area (Å²) in [4.78, 5) is 2.30. The molecule has 1 aromatic carbocycles. The fourth-order valence-corrected chi connectivity index (χ4v) is 2.98. The lowest BCUT2D eigenvalue weighted by Gasteiger charge is -2.36. The fourth-order valence-electron chi connectivity index (χ4n) is 2.98. The highest BCUT2D eigenvalue weighted by Crippen LogP contribution is 2.19. The van der Waals surface area contributed by atoms with Gasteiger partial charge < -0.3 is 9.84 Å². The van der Waals surface area contributed by atoms with Crippen LogP contribution in [-0.4, -0.2) is 41.8 Å². The van der Waals surface area contributed by atoms with Crippen LogP contribution in [0.25, 0.3) is 0 Å². The van der Waals surface area contributed by atoms with Gasteiger partial charge in [0.05, 0.1) is 18.3 Å². The first-order valence-corrected chi connectivity index (χ1v) is 7.73. The zero-order chi connectivity index (χ0) is 14.5. The van der Waals surface area contributed by atoms with Gasteiger partial charge in [0.15, 0.2) is 0 Å². The molecule has 1 aromatic rings. The van der Waals surface area contributed by atoms with Gasteiger partial charge in [0.25, 0.3) is 0 Å². The second kappa shape index (κ2) is 7.21. The number of morpholine rings is 1. The third kappa shape index (κ3) is 4.30. The minimum absolute atomic E-state index is 0.248. The number of nitrogens with zero attached hydrogens (tertiary/aromatic N) is 1. The summed E-state index contributed by atoms with van der Waals surface area (Å²) in [7, 11) is 0. The van der Waals surface area contributed by atoms with Crippen molar-refractivity contribution in [1.29, 1.82) is 0 Å². The Morgan fingerprint density at radius 2 is 1.80 bits per heavy atom. The Balaban J connectivity index is 1.92. The van der Waals surface area contributed by atoms with Crippen LogP contribution in [0, 0.1) is 0 Å². The summed E-state index contributed by atoms with van der Waals surface area (Å²) in [6.45, 7) is 8.85. The number of hydrogen-bond acceptors (Lipinski definition) is 3. The summed E-state index contributed by atoms with van der Waals surface area (Å²) >= 11 is 0. The number of aryl methyl sites for hydroxylation is 1. The number of aliphatic hydroxyl groups excluding tert-OH is 1. The number of benzene rings is 1. The molecule has 3 nitrogen and oxygen atoms in total. The molecule has 2 rings (SSSR count). The van der Waals surface area contributed by atoms with Gasteiger partial charge in [-0.25, -0.2) is 0 Å². The van der Waals surface area contributed by atoms with Gasteiger partial charge in [-0.05, 0) is 31.4 Å². The third-order valence-electron chi connectivity index (χ3n) is 3.83. The van der Waals surface area contributed by atoms with Gasteiger partial charge in [-0.15, -0.1) is 0 Å². The van der Waals surface area contributed by atoms with E-state index in [0.29, 0.717) is 6.54 Å². The van der Waals surface area contributed by atoms with Crippen molar-refractivity contribution >= 4 is 0 Å². The maximum absolute atomic E-state index is 10.4. The van der Waals surface area contributed by atoms with Crippen LogP contribution < -0.4 is 0 Å². The van der Waals surface area contributed by atoms with Crippen molar-refractivity contribution in [3.05, 3.63) is 35.4 Å². The molecule has 1 N–H and O–H groups in total. The van der Waals surface area contributed by atoms with Crippen LogP contribution in [0.15, 0.2) is 24.3 Å². The molecule has 3 heteroatoms. The lowest BCUT2D eigenvalue weighted by molar-refractivity contribution is -0.0767. The van der Waals surface area contributed by atoms with Gasteiger partial charge >= 0.3 is 0 Å². The maximum Gasteiger partial charge on any atom is 0.0916 e. The molecule has 0 radical (unpaired) electrons. The second-order valence-corrected chi connectivity index (χ2v) is 5.98. The highest BCUT2D eigenvalue weighted by molar-refractivity contribution is 5.24. The molecule has 3 atom stereocenters. The van der Waals surface area contributed by atoms with E-state index in [0.717, 1.165) is 31.5 Å². The van der Waals surface area contributed by atoms with E-state index in [2.05, 4.69) is 49.9 Å². The van der Waals surface area contributed by atoms with Crippen molar-refractivity contribution in [1.82, 2.24) is 4.90 Å². The average molecular weight is 277 g/mol. The maximum atomic E-state index is 10.4. The topological polar surface area (TPSA) is 32.7 Å². The molecular formula is C17H27NO2. The van der Waals surface area contributed by atoms with Crippen LogP contribution in [0.1, 0.15) is 44.4 Å². The molecule has 1 heterocycles. The first-order chi connectivity index (χ1) is 9.58. The zero-order valence-electron chi connectivity index (χ0n) is 12.9. The fraction of sp³-hybridized carbons (Fsp3) is 0.647. The molecule has 0 saturated carbocycles. The van der Waals surface area contributed by atoms with E-state index in [-0.39, 0.29) is 12.2 Å². The Kier molecular flexibility index (Phi) is 5.58. The van der Waals surface area contributed by atoms with E-state index in [1.807, 2.05) is 0 Å². The monoisotopic (exact) mass is 277 g/mol. The molecule has 0 aromatic heterocycles. The van der Waals surface area contributed by atoms with Crippen molar-refractivity contribution in [3.63, 3.8) is 0 Å². The van der Waals surface area contributed by atoms with Crippen molar-refractivity contribution in [3.8, 4) is 0 Å². The van der Waals surface area contributed by atoms with E-state index in [1.54, 1.807) is 0 Å². The van der Waals surface area contributed by atoms with Crippen LogP contribution in [0.2, 0.25) is 0 Å². The van der Waals surface area contributed by atoms with E-state index in [4.69, 9.17) is 4.74 Å². The number of hydrogen-bond donors (Lipinski definition) is 1. The van der Waals surface area contributed by atoms with E-state index in [9.17, 15) is 5.11 Å². The molecule has 0 bridgehead atoms. The summed E-state index contributed by atoms with van der Waals surface area (Å²) in [5, 5.41) is 10.4. The average Bonchev–Trinajstić information content (AvgIpc) is 2.38. The van der Waals surface area contributed by atoms with Crippen molar-refractivity contribution in [2.45, 2.75) is 51.9 Å². The van der Waals surface area contributed by atoms with Gasteiger partial charge in [0.1, 0.15) is 0 Å². The molecule has 1 saturated heterocycles. The van der Waals surface area contributed by atoms with Gasteiger partial charge in [0, 0.05) is 19.6 Å². The van der Waals surface area contributed by atoms with Gasteiger partial charge in [-0.3, -0.25) is 4.90 Å². The summed E-state index contributed by atoms with van der Waals surface area (Å²) in [6.07, 6.45) is 2.35. The second-order valence-electron chi connectivity index (χ2n) is 5.98. The molecule has 1 aliphatic rings. The van der Waals surface area contributed by atoms with E-state index < -0.39 is 6.10 Å². The zero-order valence-corrected chi connectivity index (χ0v) is 12.9. The summed E-state index contributed by atoms with van der Waals surface area (Å²) < 4.78 is 5.72. The SMILES string of the molecule is CCCc1ccc(C(O)CN2CC(C)OC(C)C2)cc1. The van der Waals surface area contributed by atoms with Crippen molar-refractivity contribution in [2.24, 2.45) is 0 Å². The molecular weight excluding hydrogens is 250 g/mol. The molecule has 0 aliphatic carbocycles. The van der Waals surface area contributed by atoms with Gasteiger partial charge in [0.2, 0.25) is 0 Å². The Morgan fingerprint density at radius 1 is 1.20 bits per heavy atom. The van der Waals surface area contributed by atoms with Crippen molar-refractivity contribution < 1.29 is 9.84 Å². The number of ether oxygens (including phenoxy) is 1. The van der Waals surface area contributed by atoms with E-state index in [1.165, 1.54) is 5.56 Å². The number of aliphatic hydroxyl groups is 1. The first kappa shape index (κ1) is 15.5. The summed E-state index contributed by atoms with van der Waals surface area (Å²) in [6, 6.07) is 8.38. The Hall–Kier alpha value is -0.900. The predicted molar refractivity (Wildman–Crippen MR) is 81.8 cm³/mol. The number of β-amino-alcohol motifs (C(OH)–C–C–N with tert-alkyl or cyclic N) is 1. The van der Waals surface area contributed by atoms with Gasteiger partial charge in [-0.1, -0.05) is 37.6 Å². The quantitative estimate of drug-likeness (QED) is 0.898. The predicted octanol–water partition coefficient (Wildman–Crippen LogP) is 2.78. The summed E-state index contributed by atoms with van der Waals surface area (Å²) in [5.41, 5.74) is 2.36.